The van der Waals surface area contributed by atoms with Crippen LogP contribution in [-0.4, -0.2) is 22.7 Å². The van der Waals surface area contributed by atoms with Gasteiger partial charge in [-0.1, -0.05) is 39.7 Å². The average Bonchev–Trinajstić information content (AvgIpc) is 2.43. The Morgan fingerprint density at radius 1 is 1.45 bits per heavy atom. The number of hydrogen-bond donors (Lipinski definition) is 2. The van der Waals surface area contributed by atoms with E-state index in [0.717, 1.165) is 25.8 Å². The zero-order valence-corrected chi connectivity index (χ0v) is 13.0. The van der Waals surface area contributed by atoms with E-state index in [1.54, 1.807) is 0 Å². The van der Waals surface area contributed by atoms with Crippen molar-refractivity contribution in [3.05, 3.63) is 30.1 Å². The normalized spacial score (nSPS) is 28.6. The molecule has 1 aliphatic carbocycles. The largest absolute Gasteiger partial charge is 0.393 e. The van der Waals surface area contributed by atoms with E-state index in [1.807, 2.05) is 18.5 Å². The van der Waals surface area contributed by atoms with E-state index in [2.05, 4.69) is 37.1 Å². The van der Waals surface area contributed by atoms with Gasteiger partial charge >= 0.3 is 0 Å². The van der Waals surface area contributed by atoms with Crippen LogP contribution >= 0.6 is 0 Å². The summed E-state index contributed by atoms with van der Waals surface area (Å²) in [6.07, 6.45) is 8.02. The number of nitrogens with one attached hydrogen (secondary N) is 1. The summed E-state index contributed by atoms with van der Waals surface area (Å²) in [5.74, 6) is 0.503. The summed E-state index contributed by atoms with van der Waals surface area (Å²) in [5.41, 5.74) is 1.24. The van der Waals surface area contributed by atoms with Crippen molar-refractivity contribution >= 4 is 0 Å². The van der Waals surface area contributed by atoms with Crippen LogP contribution in [0.4, 0.5) is 0 Å². The third-order valence-electron chi connectivity index (χ3n) is 4.72. The minimum atomic E-state index is -0.175. The standard InChI is InChI=1S/C17H28N2O/c1-13(2)16(14-7-6-10-18-11-14)19-12-17(3)9-5-4-8-15(17)20/h6-7,10-11,13,15-16,19-20H,4-5,8-9,12H2,1-3H3. The van der Waals surface area contributed by atoms with Crippen molar-refractivity contribution in [3.63, 3.8) is 0 Å². The number of rotatable bonds is 5. The van der Waals surface area contributed by atoms with Gasteiger partial charge in [-0.2, -0.15) is 0 Å². The highest BCUT2D eigenvalue weighted by Crippen LogP contribution is 2.36. The molecule has 0 bridgehead atoms. The summed E-state index contributed by atoms with van der Waals surface area (Å²) in [6.45, 7) is 7.53. The molecule has 0 spiro atoms. The van der Waals surface area contributed by atoms with Gasteiger partial charge in [-0.15, -0.1) is 0 Å². The number of hydrogen-bond acceptors (Lipinski definition) is 3. The predicted octanol–water partition coefficient (Wildman–Crippen LogP) is 3.31. The van der Waals surface area contributed by atoms with E-state index in [-0.39, 0.29) is 11.5 Å². The Balaban J connectivity index is 2.02. The molecule has 1 heterocycles. The smallest absolute Gasteiger partial charge is 0.0605 e. The summed E-state index contributed by atoms with van der Waals surface area (Å²) < 4.78 is 0. The summed E-state index contributed by atoms with van der Waals surface area (Å²) in [4.78, 5) is 4.23. The van der Waals surface area contributed by atoms with E-state index < -0.39 is 0 Å². The number of aromatic nitrogens is 1. The molecule has 0 radical (unpaired) electrons. The van der Waals surface area contributed by atoms with Crippen molar-refractivity contribution in [1.82, 2.24) is 10.3 Å². The quantitative estimate of drug-likeness (QED) is 0.867. The molecule has 3 nitrogen and oxygen atoms in total. The SMILES string of the molecule is CC(C)C(NCC1(C)CCCCC1O)c1cccnc1. The van der Waals surface area contributed by atoms with Crippen molar-refractivity contribution in [1.29, 1.82) is 0 Å². The minimum absolute atomic E-state index is 0.00754. The molecule has 3 unspecified atom stereocenters. The van der Waals surface area contributed by atoms with E-state index in [4.69, 9.17) is 0 Å². The fourth-order valence-corrected chi connectivity index (χ4v) is 3.23. The molecule has 0 aliphatic heterocycles. The Labute approximate surface area is 122 Å². The molecule has 2 rings (SSSR count). The van der Waals surface area contributed by atoms with Crippen LogP contribution in [0, 0.1) is 11.3 Å². The molecule has 0 saturated heterocycles. The first-order chi connectivity index (χ1) is 9.53. The van der Waals surface area contributed by atoms with Crippen LogP contribution in [0.25, 0.3) is 0 Å². The lowest BCUT2D eigenvalue weighted by Gasteiger charge is -2.40. The van der Waals surface area contributed by atoms with Crippen LogP contribution in [0.2, 0.25) is 0 Å². The first-order valence-corrected chi connectivity index (χ1v) is 7.84. The zero-order chi connectivity index (χ0) is 14.6. The molecule has 1 aromatic rings. The van der Waals surface area contributed by atoms with Crippen LogP contribution in [0.1, 0.15) is 58.1 Å². The molecule has 112 valence electrons. The summed E-state index contributed by atoms with van der Waals surface area (Å²) in [5, 5.41) is 14.0. The second-order valence-electron chi connectivity index (χ2n) is 6.80. The Hall–Kier alpha value is -0.930. The number of pyridine rings is 1. The molecule has 0 amide bonds. The van der Waals surface area contributed by atoms with Crippen molar-refractivity contribution in [2.75, 3.05) is 6.54 Å². The first kappa shape index (κ1) is 15.5. The van der Waals surface area contributed by atoms with Gasteiger partial charge in [-0.3, -0.25) is 4.98 Å². The molecule has 1 aliphatic rings. The fraction of sp³-hybridized carbons (Fsp3) is 0.706. The summed E-state index contributed by atoms with van der Waals surface area (Å²) >= 11 is 0. The van der Waals surface area contributed by atoms with Gasteiger partial charge in [-0.25, -0.2) is 0 Å². The number of aliphatic hydroxyl groups is 1. The molecule has 1 aromatic heterocycles. The third kappa shape index (κ3) is 3.58. The topological polar surface area (TPSA) is 45.1 Å². The van der Waals surface area contributed by atoms with Crippen LogP contribution in [0.15, 0.2) is 24.5 Å². The first-order valence-electron chi connectivity index (χ1n) is 7.84. The van der Waals surface area contributed by atoms with Crippen molar-refractivity contribution in [2.45, 2.75) is 58.6 Å². The second-order valence-corrected chi connectivity index (χ2v) is 6.80. The predicted molar refractivity (Wildman–Crippen MR) is 82.4 cm³/mol. The van der Waals surface area contributed by atoms with Gasteiger partial charge in [0.2, 0.25) is 0 Å². The van der Waals surface area contributed by atoms with Gasteiger partial charge in [0.15, 0.2) is 0 Å². The van der Waals surface area contributed by atoms with E-state index in [1.165, 1.54) is 12.0 Å². The molecule has 3 heteroatoms. The lowest BCUT2D eigenvalue weighted by atomic mass is 9.73. The molecule has 1 fully saturated rings. The van der Waals surface area contributed by atoms with Crippen LogP contribution < -0.4 is 5.32 Å². The maximum absolute atomic E-state index is 10.3. The van der Waals surface area contributed by atoms with Crippen LogP contribution in [0.3, 0.4) is 0 Å². The van der Waals surface area contributed by atoms with Gasteiger partial charge in [-0.05, 0) is 30.4 Å². The molecule has 1 saturated carbocycles. The fourth-order valence-electron chi connectivity index (χ4n) is 3.23. The van der Waals surface area contributed by atoms with Gasteiger partial charge in [0.1, 0.15) is 0 Å². The van der Waals surface area contributed by atoms with E-state index in [0.29, 0.717) is 12.0 Å². The lowest BCUT2D eigenvalue weighted by Crippen LogP contribution is -2.45. The maximum atomic E-state index is 10.3. The molecule has 20 heavy (non-hydrogen) atoms. The van der Waals surface area contributed by atoms with Crippen molar-refractivity contribution in [3.8, 4) is 0 Å². The zero-order valence-electron chi connectivity index (χ0n) is 13.0. The maximum Gasteiger partial charge on any atom is 0.0605 e. The lowest BCUT2D eigenvalue weighted by molar-refractivity contribution is -0.00122. The highest BCUT2D eigenvalue weighted by atomic mass is 16.3. The second kappa shape index (κ2) is 6.68. The Morgan fingerprint density at radius 2 is 2.25 bits per heavy atom. The van der Waals surface area contributed by atoms with Gasteiger partial charge < -0.3 is 10.4 Å². The Kier molecular flexibility index (Phi) is 5.17. The van der Waals surface area contributed by atoms with Crippen LogP contribution in [-0.2, 0) is 0 Å². The summed E-state index contributed by atoms with van der Waals surface area (Å²) in [7, 11) is 0. The van der Waals surface area contributed by atoms with Crippen molar-refractivity contribution in [2.24, 2.45) is 11.3 Å². The molecular weight excluding hydrogens is 248 g/mol. The van der Waals surface area contributed by atoms with E-state index >= 15 is 0 Å². The van der Waals surface area contributed by atoms with E-state index in [9.17, 15) is 5.11 Å². The van der Waals surface area contributed by atoms with Gasteiger partial charge in [0.05, 0.1) is 6.10 Å². The minimum Gasteiger partial charge on any atom is -0.393 e. The monoisotopic (exact) mass is 276 g/mol. The molecule has 3 atom stereocenters. The average molecular weight is 276 g/mol. The summed E-state index contributed by atoms with van der Waals surface area (Å²) in [6, 6.07) is 4.42. The molecular formula is C17H28N2O. The third-order valence-corrected chi connectivity index (χ3v) is 4.72. The highest BCUT2D eigenvalue weighted by Gasteiger charge is 2.35. The number of nitrogens with zero attached hydrogens (tertiary/aromatic N) is 1. The van der Waals surface area contributed by atoms with Crippen molar-refractivity contribution < 1.29 is 5.11 Å². The Bertz CT molecular complexity index is 407. The van der Waals surface area contributed by atoms with Gasteiger partial charge in [0, 0.05) is 30.4 Å². The molecule has 2 N–H and O–H groups in total. The van der Waals surface area contributed by atoms with Crippen LogP contribution in [0.5, 0.6) is 0 Å². The Morgan fingerprint density at radius 3 is 2.85 bits per heavy atom. The number of aliphatic hydroxyl groups excluding tert-OH is 1. The highest BCUT2D eigenvalue weighted by molar-refractivity contribution is 5.14. The van der Waals surface area contributed by atoms with Gasteiger partial charge in [0.25, 0.3) is 0 Å². The molecule has 0 aromatic carbocycles.